The Hall–Kier alpha value is -0.980. The van der Waals surface area contributed by atoms with E-state index in [9.17, 15) is 0 Å². The number of rotatable bonds is 0. The van der Waals surface area contributed by atoms with Crippen molar-refractivity contribution in [1.82, 2.24) is 5.32 Å². The molecule has 1 unspecified atom stereocenters. The molecule has 0 amide bonds. The standard InChI is InChI=1S/C10H13N/c1-7-3-4-10-9(8(7)2)5-6-11-10/h3,5-6,10-11H,4H2,1-2H3. The van der Waals surface area contributed by atoms with E-state index in [-0.39, 0.29) is 0 Å². The summed E-state index contributed by atoms with van der Waals surface area (Å²) < 4.78 is 0. The van der Waals surface area contributed by atoms with E-state index < -0.39 is 0 Å². The van der Waals surface area contributed by atoms with Crippen LogP contribution >= 0.6 is 0 Å². The first-order chi connectivity index (χ1) is 5.29. The van der Waals surface area contributed by atoms with Crippen molar-refractivity contribution >= 4 is 0 Å². The molecule has 1 heteroatoms. The molecule has 11 heavy (non-hydrogen) atoms. The Morgan fingerprint density at radius 1 is 1.45 bits per heavy atom. The zero-order chi connectivity index (χ0) is 7.84. The van der Waals surface area contributed by atoms with E-state index in [1.54, 1.807) is 0 Å². The molecule has 0 aromatic rings. The molecular formula is C10H13N. The number of allylic oxidation sites excluding steroid dienone is 2. The van der Waals surface area contributed by atoms with E-state index in [0.717, 1.165) is 6.42 Å². The van der Waals surface area contributed by atoms with Crippen molar-refractivity contribution in [1.29, 1.82) is 0 Å². The summed E-state index contributed by atoms with van der Waals surface area (Å²) in [5.41, 5.74) is 4.36. The van der Waals surface area contributed by atoms with Gasteiger partial charge in [-0.1, -0.05) is 11.6 Å². The van der Waals surface area contributed by atoms with Crippen LogP contribution in [0.5, 0.6) is 0 Å². The molecule has 0 aromatic heterocycles. The lowest BCUT2D eigenvalue weighted by atomic mass is 9.90. The summed E-state index contributed by atoms with van der Waals surface area (Å²) in [7, 11) is 0. The maximum atomic E-state index is 3.33. The highest BCUT2D eigenvalue weighted by Gasteiger charge is 2.20. The van der Waals surface area contributed by atoms with Gasteiger partial charge in [0.2, 0.25) is 0 Å². The van der Waals surface area contributed by atoms with Crippen LogP contribution in [0.25, 0.3) is 0 Å². The molecule has 2 rings (SSSR count). The van der Waals surface area contributed by atoms with Crippen molar-refractivity contribution in [2.75, 3.05) is 0 Å². The molecule has 1 aliphatic carbocycles. The van der Waals surface area contributed by atoms with Crippen LogP contribution in [0.2, 0.25) is 0 Å². The molecule has 2 aliphatic rings. The fraction of sp³-hybridized carbons (Fsp3) is 0.400. The Kier molecular flexibility index (Phi) is 1.38. The molecule has 0 saturated heterocycles. The van der Waals surface area contributed by atoms with Crippen molar-refractivity contribution in [3.8, 4) is 0 Å². The maximum absolute atomic E-state index is 3.33. The van der Waals surface area contributed by atoms with Crippen LogP contribution in [-0.4, -0.2) is 6.04 Å². The summed E-state index contributed by atoms with van der Waals surface area (Å²) in [5.74, 6) is 0. The smallest absolute Gasteiger partial charge is 0.0546 e. The van der Waals surface area contributed by atoms with Gasteiger partial charge in [0.05, 0.1) is 6.04 Å². The van der Waals surface area contributed by atoms with Crippen LogP contribution in [0, 0.1) is 0 Å². The normalized spacial score (nSPS) is 28.2. The lowest BCUT2D eigenvalue weighted by molar-refractivity contribution is 0.697. The van der Waals surface area contributed by atoms with E-state index in [1.807, 2.05) is 0 Å². The minimum absolute atomic E-state index is 0.568. The molecule has 0 spiro atoms. The summed E-state index contributed by atoms with van der Waals surface area (Å²) in [5, 5.41) is 3.33. The second-order valence-corrected chi connectivity index (χ2v) is 3.26. The number of hydrogen-bond acceptors (Lipinski definition) is 1. The Bertz CT molecular complexity index is 269. The predicted molar refractivity (Wildman–Crippen MR) is 47.1 cm³/mol. The fourth-order valence-corrected chi connectivity index (χ4v) is 1.72. The van der Waals surface area contributed by atoms with Gasteiger partial charge in [-0.25, -0.2) is 0 Å². The minimum atomic E-state index is 0.568. The highest BCUT2D eigenvalue weighted by Crippen LogP contribution is 2.28. The van der Waals surface area contributed by atoms with Gasteiger partial charge in [-0.15, -0.1) is 0 Å². The highest BCUT2D eigenvalue weighted by atomic mass is 14.9. The zero-order valence-electron chi connectivity index (χ0n) is 7.02. The van der Waals surface area contributed by atoms with Gasteiger partial charge in [-0.05, 0) is 43.7 Å². The average Bonchev–Trinajstić information content (AvgIpc) is 2.45. The van der Waals surface area contributed by atoms with E-state index in [0.29, 0.717) is 6.04 Å². The van der Waals surface area contributed by atoms with Crippen molar-refractivity contribution in [3.05, 3.63) is 35.1 Å². The topological polar surface area (TPSA) is 12.0 Å². The monoisotopic (exact) mass is 147 g/mol. The Balaban J connectivity index is 2.43. The van der Waals surface area contributed by atoms with Gasteiger partial charge in [0, 0.05) is 0 Å². The van der Waals surface area contributed by atoms with E-state index in [4.69, 9.17) is 0 Å². The minimum Gasteiger partial charge on any atom is -0.384 e. The molecule has 1 atom stereocenters. The van der Waals surface area contributed by atoms with Crippen LogP contribution < -0.4 is 5.32 Å². The molecule has 0 fully saturated rings. The molecule has 0 saturated carbocycles. The number of nitrogens with one attached hydrogen (secondary N) is 1. The first-order valence-electron chi connectivity index (χ1n) is 4.09. The zero-order valence-corrected chi connectivity index (χ0v) is 7.02. The summed E-state index contributed by atoms with van der Waals surface area (Å²) >= 11 is 0. The fourth-order valence-electron chi connectivity index (χ4n) is 1.72. The molecule has 58 valence electrons. The van der Waals surface area contributed by atoms with Crippen LogP contribution in [0.4, 0.5) is 0 Å². The van der Waals surface area contributed by atoms with Crippen LogP contribution in [-0.2, 0) is 0 Å². The number of fused-ring (bicyclic) bond motifs is 1. The lowest BCUT2D eigenvalue weighted by Crippen LogP contribution is -2.23. The molecule has 1 heterocycles. The van der Waals surface area contributed by atoms with Crippen molar-refractivity contribution in [2.24, 2.45) is 0 Å². The van der Waals surface area contributed by atoms with E-state index in [1.165, 1.54) is 16.7 Å². The highest BCUT2D eigenvalue weighted by molar-refractivity contribution is 5.46. The van der Waals surface area contributed by atoms with Crippen LogP contribution in [0.3, 0.4) is 0 Å². The first-order valence-corrected chi connectivity index (χ1v) is 4.09. The average molecular weight is 147 g/mol. The second-order valence-electron chi connectivity index (χ2n) is 3.26. The van der Waals surface area contributed by atoms with Gasteiger partial charge in [0.25, 0.3) is 0 Å². The lowest BCUT2D eigenvalue weighted by Gasteiger charge is -2.19. The van der Waals surface area contributed by atoms with Gasteiger partial charge in [0.1, 0.15) is 0 Å². The number of hydrogen-bond donors (Lipinski definition) is 1. The third-order valence-corrected chi connectivity index (χ3v) is 2.62. The Labute approximate surface area is 67.5 Å². The Morgan fingerprint density at radius 2 is 2.27 bits per heavy atom. The molecule has 0 aromatic carbocycles. The van der Waals surface area contributed by atoms with Gasteiger partial charge in [-0.2, -0.15) is 0 Å². The van der Waals surface area contributed by atoms with Crippen molar-refractivity contribution in [2.45, 2.75) is 26.3 Å². The van der Waals surface area contributed by atoms with Crippen molar-refractivity contribution < 1.29 is 0 Å². The van der Waals surface area contributed by atoms with E-state index in [2.05, 4.69) is 37.5 Å². The molecule has 0 bridgehead atoms. The first kappa shape index (κ1) is 6.71. The van der Waals surface area contributed by atoms with Crippen LogP contribution in [0.15, 0.2) is 35.1 Å². The van der Waals surface area contributed by atoms with Gasteiger partial charge in [0.15, 0.2) is 0 Å². The summed E-state index contributed by atoms with van der Waals surface area (Å²) in [4.78, 5) is 0. The molecule has 0 radical (unpaired) electrons. The largest absolute Gasteiger partial charge is 0.384 e. The van der Waals surface area contributed by atoms with Crippen LogP contribution in [0.1, 0.15) is 20.3 Å². The van der Waals surface area contributed by atoms with E-state index >= 15 is 0 Å². The summed E-state index contributed by atoms with van der Waals surface area (Å²) in [6.45, 7) is 4.38. The Morgan fingerprint density at radius 3 is 3.09 bits per heavy atom. The predicted octanol–water partition coefficient (Wildman–Crippen LogP) is 2.14. The maximum Gasteiger partial charge on any atom is 0.0546 e. The molecule has 1 nitrogen and oxygen atoms in total. The second kappa shape index (κ2) is 2.26. The van der Waals surface area contributed by atoms with Gasteiger partial charge < -0.3 is 5.32 Å². The summed E-state index contributed by atoms with van der Waals surface area (Å²) in [6, 6.07) is 0.568. The third-order valence-electron chi connectivity index (χ3n) is 2.62. The van der Waals surface area contributed by atoms with Gasteiger partial charge >= 0.3 is 0 Å². The van der Waals surface area contributed by atoms with Crippen molar-refractivity contribution in [3.63, 3.8) is 0 Å². The summed E-state index contributed by atoms with van der Waals surface area (Å²) in [6.07, 6.45) is 7.70. The molecule has 1 aliphatic heterocycles. The molecular weight excluding hydrogens is 134 g/mol. The SMILES string of the molecule is CC1=CCC2NC=CC2=C1C. The van der Waals surface area contributed by atoms with Gasteiger partial charge in [-0.3, -0.25) is 0 Å². The quantitative estimate of drug-likeness (QED) is 0.553. The third kappa shape index (κ3) is 0.917. The molecule has 1 N–H and O–H groups in total.